The number of allylic oxidation sites excluding steroid dienone is 2. The van der Waals surface area contributed by atoms with Crippen LogP contribution in [0.2, 0.25) is 0 Å². The lowest BCUT2D eigenvalue weighted by Crippen LogP contribution is -2.41. The van der Waals surface area contributed by atoms with E-state index >= 15 is 0 Å². The van der Waals surface area contributed by atoms with Gasteiger partial charge >= 0.3 is 11.8 Å². The molecule has 0 heterocycles. The van der Waals surface area contributed by atoms with Crippen LogP contribution in [0, 0.1) is 17.8 Å². The van der Waals surface area contributed by atoms with Crippen LogP contribution in [0.15, 0.2) is 24.8 Å². The summed E-state index contributed by atoms with van der Waals surface area (Å²) in [4.78, 5) is 0. The average molecular weight is 338 g/mol. The smallest absolute Gasteiger partial charge is 0.335 e. The van der Waals surface area contributed by atoms with Crippen molar-refractivity contribution in [3.8, 4) is 0 Å². The third-order valence-corrected chi connectivity index (χ3v) is 4.39. The van der Waals surface area contributed by atoms with Gasteiger partial charge in [0.1, 0.15) is 0 Å². The Balaban J connectivity index is 4.57. The van der Waals surface area contributed by atoms with E-state index in [1.165, 1.54) is 6.92 Å². The second-order valence-corrected chi connectivity index (χ2v) is 6.74. The minimum atomic E-state index is -4.28. The van der Waals surface area contributed by atoms with Crippen LogP contribution in [0.1, 0.15) is 47.5 Å². The van der Waals surface area contributed by atoms with Gasteiger partial charge in [-0.15, -0.1) is 0 Å². The van der Waals surface area contributed by atoms with Crippen LogP contribution in [0.3, 0.4) is 0 Å². The van der Waals surface area contributed by atoms with Gasteiger partial charge in [0.15, 0.2) is 0 Å². The highest BCUT2D eigenvalue weighted by Gasteiger charge is 2.56. The van der Waals surface area contributed by atoms with Crippen molar-refractivity contribution in [2.45, 2.75) is 65.4 Å². The summed E-state index contributed by atoms with van der Waals surface area (Å²) in [5.41, 5.74) is -0.735. The quantitative estimate of drug-likeness (QED) is 0.326. The Morgan fingerprint density at radius 1 is 1.00 bits per heavy atom. The fourth-order valence-electron chi connectivity index (χ4n) is 2.13. The summed E-state index contributed by atoms with van der Waals surface area (Å²) in [6.45, 7) is 16.1. The van der Waals surface area contributed by atoms with Crippen LogP contribution >= 0.6 is 0 Å². The van der Waals surface area contributed by atoms with E-state index in [9.17, 15) is 17.6 Å². The summed E-state index contributed by atoms with van der Waals surface area (Å²) in [7, 11) is 0. The van der Waals surface area contributed by atoms with Gasteiger partial charge in [-0.1, -0.05) is 33.9 Å². The lowest BCUT2D eigenvalue weighted by molar-refractivity contribution is -0.157. The lowest BCUT2D eigenvalue weighted by atomic mass is 9.84. The third kappa shape index (κ3) is 6.28. The van der Waals surface area contributed by atoms with Crippen LogP contribution in [0.4, 0.5) is 17.6 Å². The third-order valence-electron chi connectivity index (χ3n) is 4.39. The molecule has 5 heteroatoms. The molecule has 0 bridgehead atoms. The first-order valence-corrected chi connectivity index (χ1v) is 8.06. The van der Waals surface area contributed by atoms with E-state index in [-0.39, 0.29) is 24.0 Å². The summed E-state index contributed by atoms with van der Waals surface area (Å²) in [6, 6.07) is 0. The van der Waals surface area contributed by atoms with Crippen molar-refractivity contribution in [2.75, 3.05) is 6.61 Å². The minimum absolute atomic E-state index is 0.0150. The SMILES string of the molecule is C=CC(F)(F)C(F)(F)C(=C)C(C)CCC(C)C(C)COC(C)C. The topological polar surface area (TPSA) is 9.23 Å². The zero-order valence-electron chi connectivity index (χ0n) is 14.8. The number of hydrogen-bond donors (Lipinski definition) is 0. The van der Waals surface area contributed by atoms with Crippen molar-refractivity contribution in [3.05, 3.63) is 24.8 Å². The first-order valence-electron chi connectivity index (χ1n) is 8.06. The molecular formula is C18H30F4O. The van der Waals surface area contributed by atoms with Gasteiger partial charge in [-0.3, -0.25) is 0 Å². The van der Waals surface area contributed by atoms with E-state index in [0.29, 0.717) is 19.4 Å². The van der Waals surface area contributed by atoms with E-state index in [4.69, 9.17) is 4.74 Å². The molecule has 136 valence electrons. The molecule has 0 spiro atoms. The largest absolute Gasteiger partial charge is 0.379 e. The number of hydrogen-bond acceptors (Lipinski definition) is 1. The zero-order chi connectivity index (χ0) is 18.4. The Morgan fingerprint density at radius 2 is 1.52 bits per heavy atom. The Morgan fingerprint density at radius 3 is 1.96 bits per heavy atom. The molecule has 0 radical (unpaired) electrons. The van der Waals surface area contributed by atoms with E-state index in [1.54, 1.807) is 0 Å². The molecule has 0 N–H and O–H groups in total. The Hall–Kier alpha value is -0.840. The van der Waals surface area contributed by atoms with Crippen molar-refractivity contribution < 1.29 is 22.3 Å². The molecule has 0 amide bonds. The first-order chi connectivity index (χ1) is 10.4. The standard InChI is InChI=1S/C18H30F4O/c1-8-17(19,20)18(21,22)16(7)14(5)10-9-13(4)15(6)11-23-12(2)3/h8,12-15H,1,7,9-11H2,2-6H3. The van der Waals surface area contributed by atoms with Crippen LogP contribution < -0.4 is 0 Å². The van der Waals surface area contributed by atoms with E-state index < -0.39 is 23.3 Å². The van der Waals surface area contributed by atoms with Crippen LogP contribution in [0.5, 0.6) is 0 Å². The van der Waals surface area contributed by atoms with Gasteiger partial charge in [0.2, 0.25) is 0 Å². The molecule has 3 atom stereocenters. The fraction of sp³-hybridized carbons (Fsp3) is 0.778. The second-order valence-electron chi connectivity index (χ2n) is 6.74. The van der Waals surface area contributed by atoms with Gasteiger partial charge in [-0.25, -0.2) is 0 Å². The molecule has 0 aromatic carbocycles. The van der Waals surface area contributed by atoms with Crippen molar-refractivity contribution in [2.24, 2.45) is 17.8 Å². The van der Waals surface area contributed by atoms with Gasteiger partial charge in [-0.2, -0.15) is 17.6 Å². The minimum Gasteiger partial charge on any atom is -0.379 e. The highest BCUT2D eigenvalue weighted by molar-refractivity contribution is 5.20. The molecule has 0 aliphatic carbocycles. The lowest BCUT2D eigenvalue weighted by Gasteiger charge is -2.30. The van der Waals surface area contributed by atoms with Crippen LogP contribution in [-0.4, -0.2) is 24.6 Å². The van der Waals surface area contributed by atoms with Crippen molar-refractivity contribution in [3.63, 3.8) is 0 Å². The summed E-state index contributed by atoms with van der Waals surface area (Å²) in [5, 5.41) is 0. The van der Waals surface area contributed by atoms with Crippen LogP contribution in [-0.2, 0) is 4.74 Å². The van der Waals surface area contributed by atoms with Crippen molar-refractivity contribution in [1.29, 1.82) is 0 Å². The number of halogens is 4. The van der Waals surface area contributed by atoms with Gasteiger partial charge in [-0.05, 0) is 50.5 Å². The summed E-state index contributed by atoms with van der Waals surface area (Å²) < 4.78 is 59.7. The maximum atomic E-state index is 13.8. The predicted molar refractivity (Wildman–Crippen MR) is 87.0 cm³/mol. The fourth-order valence-corrected chi connectivity index (χ4v) is 2.13. The highest BCUT2D eigenvalue weighted by Crippen LogP contribution is 2.43. The number of ether oxygens (including phenoxy) is 1. The normalized spacial score (nSPS) is 17.0. The summed E-state index contributed by atoms with van der Waals surface area (Å²) in [6.07, 6.45) is 1.16. The summed E-state index contributed by atoms with van der Waals surface area (Å²) >= 11 is 0. The van der Waals surface area contributed by atoms with E-state index in [1.807, 2.05) is 27.7 Å². The molecule has 0 aromatic rings. The van der Waals surface area contributed by atoms with Gasteiger partial charge in [0.05, 0.1) is 6.10 Å². The molecule has 0 aliphatic heterocycles. The molecule has 0 aromatic heterocycles. The number of rotatable bonds is 11. The molecule has 0 saturated carbocycles. The maximum Gasteiger partial charge on any atom is 0.335 e. The van der Waals surface area contributed by atoms with Crippen molar-refractivity contribution >= 4 is 0 Å². The molecule has 0 rings (SSSR count). The number of alkyl halides is 4. The molecule has 0 aliphatic rings. The van der Waals surface area contributed by atoms with E-state index in [0.717, 1.165) is 0 Å². The van der Waals surface area contributed by atoms with Gasteiger partial charge < -0.3 is 4.74 Å². The molecule has 0 saturated heterocycles. The molecule has 23 heavy (non-hydrogen) atoms. The monoisotopic (exact) mass is 338 g/mol. The predicted octanol–water partition coefficient (Wildman–Crippen LogP) is 6.11. The van der Waals surface area contributed by atoms with Gasteiger partial charge in [0, 0.05) is 12.2 Å². The van der Waals surface area contributed by atoms with Gasteiger partial charge in [0.25, 0.3) is 0 Å². The van der Waals surface area contributed by atoms with E-state index in [2.05, 4.69) is 13.2 Å². The molecule has 3 unspecified atom stereocenters. The molecule has 0 fully saturated rings. The molecular weight excluding hydrogens is 308 g/mol. The van der Waals surface area contributed by atoms with Crippen molar-refractivity contribution in [1.82, 2.24) is 0 Å². The Labute approximate surface area is 137 Å². The maximum absolute atomic E-state index is 13.8. The summed E-state index contributed by atoms with van der Waals surface area (Å²) in [5.74, 6) is -8.73. The second kappa shape index (κ2) is 8.86. The Bertz CT molecular complexity index is 390. The first kappa shape index (κ1) is 22.2. The zero-order valence-corrected chi connectivity index (χ0v) is 14.8. The molecule has 1 nitrogen and oxygen atoms in total. The van der Waals surface area contributed by atoms with Crippen LogP contribution in [0.25, 0.3) is 0 Å². The highest BCUT2D eigenvalue weighted by atomic mass is 19.3. The average Bonchev–Trinajstić information content (AvgIpc) is 2.48. The Kier molecular flexibility index (Phi) is 8.53.